The number of methoxy groups -OCH3 is 1. The number of carbonyl (C=O) groups excluding carboxylic acids is 1. The largest absolute Gasteiger partial charge is 0.465 e. The molecule has 3 aromatic heterocycles. The molecule has 0 saturated heterocycles. The minimum atomic E-state index is -0.597. The van der Waals surface area contributed by atoms with Gasteiger partial charge in [0.1, 0.15) is 0 Å². The van der Waals surface area contributed by atoms with Gasteiger partial charge in [-0.2, -0.15) is 5.10 Å². The van der Waals surface area contributed by atoms with E-state index in [9.17, 15) is 9.59 Å². The Labute approximate surface area is 176 Å². The van der Waals surface area contributed by atoms with E-state index >= 15 is 0 Å². The van der Waals surface area contributed by atoms with E-state index in [2.05, 4.69) is 25.1 Å². The van der Waals surface area contributed by atoms with Crippen LogP contribution in [0.15, 0.2) is 46.3 Å². The van der Waals surface area contributed by atoms with Crippen LogP contribution < -0.4 is 5.56 Å². The molecular formula is C21H19N5O3S. The number of thioether (sulfide) groups is 1. The van der Waals surface area contributed by atoms with E-state index < -0.39 is 11.5 Å². The second kappa shape index (κ2) is 8.11. The first kappa shape index (κ1) is 19.8. The molecular weight excluding hydrogens is 402 g/mol. The van der Waals surface area contributed by atoms with Crippen LogP contribution in [0.2, 0.25) is 0 Å². The van der Waals surface area contributed by atoms with Crippen LogP contribution in [0, 0.1) is 13.8 Å². The number of benzene rings is 1. The normalized spacial score (nSPS) is 11.0. The molecule has 4 rings (SSSR count). The highest BCUT2D eigenvalue weighted by Gasteiger charge is 2.18. The number of nitrogens with zero attached hydrogens (tertiary/aromatic N) is 3. The molecule has 4 aromatic rings. The minimum absolute atomic E-state index is 0.126. The second-order valence-corrected chi connectivity index (χ2v) is 7.67. The number of H-pyrrole nitrogens is 2. The molecule has 0 aliphatic carbocycles. The van der Waals surface area contributed by atoms with Crippen LogP contribution in [0.5, 0.6) is 0 Å². The van der Waals surface area contributed by atoms with Gasteiger partial charge in [-0.15, -0.1) is 0 Å². The van der Waals surface area contributed by atoms with Crippen molar-refractivity contribution in [1.82, 2.24) is 25.1 Å². The maximum absolute atomic E-state index is 12.6. The van der Waals surface area contributed by atoms with Crippen LogP contribution in [-0.4, -0.2) is 38.2 Å². The number of esters is 1. The third kappa shape index (κ3) is 3.71. The van der Waals surface area contributed by atoms with Crippen molar-refractivity contribution in [3.63, 3.8) is 0 Å². The third-order valence-electron chi connectivity index (χ3n) is 4.70. The van der Waals surface area contributed by atoms with Crippen molar-refractivity contribution in [1.29, 1.82) is 0 Å². The summed E-state index contributed by atoms with van der Waals surface area (Å²) in [4.78, 5) is 36.2. The summed E-state index contributed by atoms with van der Waals surface area (Å²) < 4.78 is 4.78. The molecule has 0 unspecified atom stereocenters. The summed E-state index contributed by atoms with van der Waals surface area (Å²) >= 11 is 1.36. The van der Waals surface area contributed by atoms with Crippen LogP contribution in [0.1, 0.15) is 27.3 Å². The Balaban J connectivity index is 1.64. The van der Waals surface area contributed by atoms with Gasteiger partial charge in [-0.3, -0.25) is 9.89 Å². The Bertz CT molecular complexity index is 1300. The van der Waals surface area contributed by atoms with Crippen molar-refractivity contribution in [3.8, 4) is 11.3 Å². The number of aromatic amines is 2. The van der Waals surface area contributed by atoms with Gasteiger partial charge in [0.15, 0.2) is 10.8 Å². The quantitative estimate of drug-likeness (QED) is 0.288. The molecule has 0 fully saturated rings. The fourth-order valence-corrected chi connectivity index (χ4v) is 4.05. The number of pyridine rings is 1. The summed E-state index contributed by atoms with van der Waals surface area (Å²) in [6, 6.07) is 11.4. The smallest absolute Gasteiger partial charge is 0.338 e. The van der Waals surface area contributed by atoms with E-state index in [0.29, 0.717) is 16.6 Å². The van der Waals surface area contributed by atoms with E-state index in [4.69, 9.17) is 4.74 Å². The fourth-order valence-electron chi connectivity index (χ4n) is 3.18. The molecule has 152 valence electrons. The molecule has 0 aliphatic rings. The molecule has 0 spiro atoms. The number of fused-ring (bicyclic) bond motifs is 1. The third-order valence-corrected chi connectivity index (χ3v) is 5.60. The first-order valence-corrected chi connectivity index (χ1v) is 10.2. The van der Waals surface area contributed by atoms with E-state index in [1.807, 2.05) is 37.3 Å². The lowest BCUT2D eigenvalue weighted by Crippen LogP contribution is -2.16. The van der Waals surface area contributed by atoms with Crippen LogP contribution >= 0.6 is 11.8 Å². The van der Waals surface area contributed by atoms with Crippen molar-refractivity contribution >= 4 is 28.8 Å². The van der Waals surface area contributed by atoms with Crippen LogP contribution in [0.3, 0.4) is 0 Å². The van der Waals surface area contributed by atoms with Crippen LogP contribution in [-0.2, 0) is 10.5 Å². The zero-order valence-corrected chi connectivity index (χ0v) is 17.5. The molecule has 0 radical (unpaired) electrons. The molecule has 30 heavy (non-hydrogen) atoms. The Morgan fingerprint density at radius 2 is 1.93 bits per heavy atom. The Hall–Kier alpha value is -3.46. The average molecular weight is 421 g/mol. The molecule has 3 heterocycles. The van der Waals surface area contributed by atoms with Gasteiger partial charge >= 0.3 is 5.97 Å². The predicted octanol–water partition coefficient (Wildman–Crippen LogP) is 3.40. The predicted molar refractivity (Wildman–Crippen MR) is 115 cm³/mol. The van der Waals surface area contributed by atoms with E-state index in [1.165, 1.54) is 24.9 Å². The second-order valence-electron chi connectivity index (χ2n) is 6.70. The van der Waals surface area contributed by atoms with E-state index in [0.717, 1.165) is 22.5 Å². The number of ether oxygens (including phenoxy) is 1. The lowest BCUT2D eigenvalue weighted by atomic mass is 10.1. The summed E-state index contributed by atoms with van der Waals surface area (Å²) in [7, 11) is 1.27. The molecule has 0 atom stereocenters. The molecule has 0 aliphatic heterocycles. The van der Waals surface area contributed by atoms with Crippen LogP contribution in [0.25, 0.3) is 22.3 Å². The molecule has 2 N–H and O–H groups in total. The van der Waals surface area contributed by atoms with Crippen molar-refractivity contribution in [2.24, 2.45) is 0 Å². The van der Waals surface area contributed by atoms with Gasteiger partial charge in [0.2, 0.25) is 0 Å². The Morgan fingerprint density at radius 1 is 1.17 bits per heavy atom. The Morgan fingerprint density at radius 3 is 2.67 bits per heavy atom. The Kier molecular flexibility index (Phi) is 5.37. The highest BCUT2D eigenvalue weighted by atomic mass is 32.2. The zero-order chi connectivity index (χ0) is 21.3. The molecule has 0 amide bonds. The highest BCUT2D eigenvalue weighted by Crippen LogP contribution is 2.27. The molecule has 0 bridgehead atoms. The number of hydrogen-bond donors (Lipinski definition) is 2. The van der Waals surface area contributed by atoms with E-state index in [-0.39, 0.29) is 16.6 Å². The van der Waals surface area contributed by atoms with Gasteiger partial charge in [-0.1, -0.05) is 42.1 Å². The van der Waals surface area contributed by atoms with Gasteiger partial charge in [-0.25, -0.2) is 14.8 Å². The summed E-state index contributed by atoms with van der Waals surface area (Å²) in [6.07, 6.45) is 0. The summed E-state index contributed by atoms with van der Waals surface area (Å²) in [5.74, 6) is -0.0600. The fraction of sp³-hybridized carbons (Fsp3) is 0.190. The van der Waals surface area contributed by atoms with Crippen LogP contribution in [0.4, 0.5) is 0 Å². The molecule has 9 heteroatoms. The van der Waals surface area contributed by atoms with Gasteiger partial charge in [-0.05, 0) is 25.5 Å². The molecule has 1 aromatic carbocycles. The maximum Gasteiger partial charge on any atom is 0.338 e. The number of carbonyl (C=O) groups is 1. The first-order valence-electron chi connectivity index (χ1n) is 9.20. The maximum atomic E-state index is 12.6. The SMILES string of the molecule is COC(=O)c1cc(C)nc2nc(SCc3[nH]nc(-c4ccccc4)c3C)[nH]c(=O)c12. The number of nitrogens with one attached hydrogen (secondary N) is 2. The van der Waals surface area contributed by atoms with Crippen molar-refractivity contribution in [3.05, 3.63) is 69.3 Å². The summed E-state index contributed by atoms with van der Waals surface area (Å²) in [6.45, 7) is 3.74. The number of hydrogen-bond acceptors (Lipinski definition) is 7. The number of aromatic nitrogens is 5. The summed E-state index contributed by atoms with van der Waals surface area (Å²) in [5.41, 5.74) is 4.43. The topological polar surface area (TPSA) is 114 Å². The first-order chi connectivity index (χ1) is 14.5. The number of rotatable bonds is 5. The van der Waals surface area contributed by atoms with Gasteiger partial charge in [0.05, 0.1) is 23.8 Å². The van der Waals surface area contributed by atoms with Gasteiger partial charge < -0.3 is 9.72 Å². The molecule has 0 saturated carbocycles. The molecule has 8 nitrogen and oxygen atoms in total. The average Bonchev–Trinajstić information content (AvgIpc) is 3.11. The summed E-state index contributed by atoms with van der Waals surface area (Å²) in [5, 5.41) is 8.03. The standard InChI is InChI=1S/C21H19N5O3S/c1-11-9-14(20(28)29-3)16-18(22-11)23-21(24-19(16)27)30-10-15-12(2)17(26-25-15)13-7-5-4-6-8-13/h4-9H,10H2,1-3H3,(H,25,26)(H,22,23,24,27). The highest BCUT2D eigenvalue weighted by molar-refractivity contribution is 7.98. The van der Waals surface area contributed by atoms with Crippen molar-refractivity contribution in [2.45, 2.75) is 24.8 Å². The lowest BCUT2D eigenvalue weighted by Gasteiger charge is -2.07. The van der Waals surface area contributed by atoms with Crippen molar-refractivity contribution in [2.75, 3.05) is 7.11 Å². The minimum Gasteiger partial charge on any atom is -0.465 e. The monoisotopic (exact) mass is 421 g/mol. The van der Waals surface area contributed by atoms with E-state index in [1.54, 1.807) is 6.92 Å². The van der Waals surface area contributed by atoms with Crippen molar-refractivity contribution < 1.29 is 9.53 Å². The number of aryl methyl sites for hydroxylation is 1. The van der Waals surface area contributed by atoms with Gasteiger partial charge in [0, 0.05) is 22.7 Å². The zero-order valence-electron chi connectivity index (χ0n) is 16.6. The van der Waals surface area contributed by atoms with Gasteiger partial charge in [0.25, 0.3) is 5.56 Å². The lowest BCUT2D eigenvalue weighted by molar-refractivity contribution is 0.0602.